The van der Waals surface area contributed by atoms with Crippen molar-refractivity contribution in [2.75, 3.05) is 10.2 Å². The van der Waals surface area contributed by atoms with Crippen molar-refractivity contribution >= 4 is 40.0 Å². The summed E-state index contributed by atoms with van der Waals surface area (Å²) in [6, 6.07) is 22.4. The fraction of sp³-hybridized carbons (Fsp3) is 0.207. The van der Waals surface area contributed by atoms with E-state index >= 15 is 0 Å². The van der Waals surface area contributed by atoms with Crippen molar-refractivity contribution in [2.45, 2.75) is 24.9 Å². The van der Waals surface area contributed by atoms with E-state index in [4.69, 9.17) is 0 Å². The van der Waals surface area contributed by atoms with Crippen molar-refractivity contribution in [3.05, 3.63) is 95.7 Å². The van der Waals surface area contributed by atoms with Crippen LogP contribution in [0.5, 0.6) is 0 Å². The average Bonchev–Trinajstić information content (AvgIpc) is 3.59. The second-order valence-electron chi connectivity index (χ2n) is 9.98. The maximum absolute atomic E-state index is 14.0. The van der Waals surface area contributed by atoms with Crippen molar-refractivity contribution in [1.82, 2.24) is 10.3 Å². The van der Waals surface area contributed by atoms with Crippen molar-refractivity contribution in [1.29, 1.82) is 0 Å². The number of anilines is 2. The Morgan fingerprint density at radius 2 is 1.69 bits per heavy atom. The molecule has 0 saturated carbocycles. The first-order valence-corrected chi connectivity index (χ1v) is 12.2. The first kappa shape index (κ1) is 21.1. The number of aryl methyl sites for hydroxylation is 1. The maximum Gasteiger partial charge on any atom is 0.250 e. The molecule has 0 aliphatic carbocycles. The van der Waals surface area contributed by atoms with Gasteiger partial charge in [0.1, 0.15) is 5.54 Å². The van der Waals surface area contributed by atoms with Crippen molar-refractivity contribution in [2.24, 2.45) is 11.8 Å². The largest absolute Gasteiger partial charge is 0.361 e. The Balaban J connectivity index is 1.39. The van der Waals surface area contributed by atoms with Gasteiger partial charge in [0.05, 0.1) is 17.5 Å². The van der Waals surface area contributed by atoms with Crippen molar-refractivity contribution < 1.29 is 14.4 Å². The molecule has 0 unspecified atom stereocenters. The lowest BCUT2D eigenvalue weighted by molar-refractivity contribution is -0.130. The lowest BCUT2D eigenvalue weighted by Crippen LogP contribution is -2.53. The van der Waals surface area contributed by atoms with Gasteiger partial charge in [0.2, 0.25) is 17.7 Å². The van der Waals surface area contributed by atoms with Crippen LogP contribution in [-0.4, -0.2) is 28.7 Å². The first-order chi connectivity index (χ1) is 17.5. The minimum Gasteiger partial charge on any atom is -0.361 e. The highest BCUT2D eigenvalue weighted by molar-refractivity contribution is 6.25. The van der Waals surface area contributed by atoms with Gasteiger partial charge in [-0.25, -0.2) is 4.90 Å². The molecular weight excluding hydrogens is 452 g/mol. The molecule has 3 aliphatic rings. The van der Waals surface area contributed by atoms with Crippen LogP contribution in [0.1, 0.15) is 16.7 Å². The van der Waals surface area contributed by atoms with Crippen molar-refractivity contribution in [3.8, 4) is 0 Å². The predicted molar refractivity (Wildman–Crippen MR) is 136 cm³/mol. The number of H-pyrrole nitrogens is 1. The van der Waals surface area contributed by atoms with E-state index in [1.807, 2.05) is 73.8 Å². The molecule has 3 aliphatic heterocycles. The highest BCUT2D eigenvalue weighted by atomic mass is 16.2. The second-order valence-corrected chi connectivity index (χ2v) is 9.98. The van der Waals surface area contributed by atoms with Gasteiger partial charge in [-0.3, -0.25) is 19.7 Å². The van der Waals surface area contributed by atoms with Crippen LogP contribution in [0.2, 0.25) is 0 Å². The summed E-state index contributed by atoms with van der Waals surface area (Å²) in [7, 11) is 0. The van der Waals surface area contributed by atoms with Gasteiger partial charge in [-0.1, -0.05) is 54.1 Å². The molecule has 2 saturated heterocycles. The number of carbonyl (C=O) groups excluding carboxylic acids is 3. The summed E-state index contributed by atoms with van der Waals surface area (Å²) < 4.78 is 0. The molecule has 1 spiro atoms. The summed E-state index contributed by atoms with van der Waals surface area (Å²) in [5.74, 6) is -2.41. The van der Waals surface area contributed by atoms with Gasteiger partial charge in [-0.15, -0.1) is 0 Å². The second kappa shape index (κ2) is 7.38. The minimum absolute atomic E-state index is 0.265. The molecule has 36 heavy (non-hydrogen) atoms. The molecule has 1 aromatic heterocycles. The van der Waals surface area contributed by atoms with Gasteiger partial charge >= 0.3 is 0 Å². The van der Waals surface area contributed by atoms with Crippen LogP contribution >= 0.6 is 0 Å². The molecule has 2 fully saturated rings. The van der Waals surface area contributed by atoms with Crippen LogP contribution < -0.4 is 15.5 Å². The van der Waals surface area contributed by atoms with Gasteiger partial charge in [0.25, 0.3) is 0 Å². The standard InChI is InChI=1S/C29H24N4O3/c1-16-11-12-22-20(13-16)29(28(36)31-22)25-24(26(34)33(27(25)35)18-7-3-2-4-8-18)23(32-29)14-17-15-30-21-10-6-5-9-19(17)21/h2-13,15,23-25,30,32H,14H2,1H3,(H,31,36)/t23-,24+,25-,29+/m0/s1. The SMILES string of the molecule is Cc1ccc2c(c1)[C@]1(N[C@@H](Cc3c[nH]c4ccccc34)[C@H]3C(=O)N(c4ccccc4)C(=O)[C@H]31)C(=O)N2. The quantitative estimate of drug-likeness (QED) is 0.394. The monoisotopic (exact) mass is 476 g/mol. The number of benzene rings is 3. The van der Waals surface area contributed by atoms with E-state index in [1.54, 1.807) is 12.1 Å². The fourth-order valence-electron chi connectivity index (χ4n) is 6.46. The Morgan fingerprint density at radius 3 is 2.53 bits per heavy atom. The van der Waals surface area contributed by atoms with E-state index in [1.165, 1.54) is 4.90 Å². The number of hydrogen-bond donors (Lipinski definition) is 3. The number of rotatable bonds is 3. The number of nitrogens with one attached hydrogen (secondary N) is 3. The molecule has 3 amide bonds. The number of aromatic amines is 1. The number of fused-ring (bicyclic) bond motifs is 5. The third-order valence-electron chi connectivity index (χ3n) is 8.00. The molecule has 3 aromatic carbocycles. The summed E-state index contributed by atoms with van der Waals surface area (Å²) in [5, 5.41) is 7.59. The van der Waals surface area contributed by atoms with E-state index in [2.05, 4.69) is 15.6 Å². The summed E-state index contributed by atoms with van der Waals surface area (Å²) in [4.78, 5) is 46.3. The molecule has 4 atom stereocenters. The zero-order valence-electron chi connectivity index (χ0n) is 19.6. The van der Waals surface area contributed by atoms with E-state index in [9.17, 15) is 14.4 Å². The minimum atomic E-state index is -1.31. The number of nitrogens with zero attached hydrogens (tertiary/aromatic N) is 1. The smallest absolute Gasteiger partial charge is 0.250 e. The molecule has 4 aromatic rings. The first-order valence-electron chi connectivity index (χ1n) is 12.2. The third-order valence-corrected chi connectivity index (χ3v) is 8.00. The number of carbonyl (C=O) groups is 3. The molecule has 4 heterocycles. The van der Waals surface area contributed by atoms with E-state index in [0.717, 1.165) is 27.6 Å². The highest BCUT2D eigenvalue weighted by Gasteiger charge is 2.70. The normalized spacial score (nSPS) is 26.6. The maximum atomic E-state index is 14.0. The zero-order chi connectivity index (χ0) is 24.6. The van der Waals surface area contributed by atoms with Gasteiger partial charge in [-0.05, 0) is 43.2 Å². The summed E-state index contributed by atoms with van der Waals surface area (Å²) in [6.45, 7) is 1.96. The Labute approximate surface area is 207 Å². The Kier molecular flexibility index (Phi) is 4.32. The van der Waals surface area contributed by atoms with E-state index in [-0.39, 0.29) is 17.7 Å². The van der Waals surface area contributed by atoms with Gasteiger partial charge in [0.15, 0.2) is 0 Å². The Bertz CT molecular complexity index is 1580. The van der Waals surface area contributed by atoms with Gasteiger partial charge < -0.3 is 10.3 Å². The molecule has 3 N–H and O–H groups in total. The van der Waals surface area contributed by atoms with Crippen LogP contribution in [0.3, 0.4) is 0 Å². The van der Waals surface area contributed by atoms with E-state index in [0.29, 0.717) is 17.8 Å². The topological polar surface area (TPSA) is 94.3 Å². The molecule has 178 valence electrons. The van der Waals surface area contributed by atoms with E-state index < -0.39 is 23.4 Å². The molecule has 7 nitrogen and oxygen atoms in total. The number of amides is 3. The zero-order valence-corrected chi connectivity index (χ0v) is 19.6. The molecular formula is C29H24N4O3. The predicted octanol–water partition coefficient (Wildman–Crippen LogP) is 3.64. The highest BCUT2D eigenvalue weighted by Crippen LogP contribution is 2.54. The van der Waals surface area contributed by atoms with Crippen LogP contribution in [0.15, 0.2) is 79.0 Å². The van der Waals surface area contributed by atoms with Crippen molar-refractivity contribution in [3.63, 3.8) is 0 Å². The molecule has 7 heteroatoms. The lowest BCUT2D eigenvalue weighted by Gasteiger charge is -2.29. The Hall–Kier alpha value is -4.23. The van der Waals surface area contributed by atoms with Crippen LogP contribution in [0.25, 0.3) is 10.9 Å². The van der Waals surface area contributed by atoms with Crippen LogP contribution in [-0.2, 0) is 26.3 Å². The van der Waals surface area contributed by atoms with Crippen LogP contribution in [0, 0.1) is 18.8 Å². The van der Waals surface area contributed by atoms with Crippen LogP contribution in [0.4, 0.5) is 11.4 Å². The molecule has 0 radical (unpaired) electrons. The number of aromatic nitrogens is 1. The average molecular weight is 477 g/mol. The summed E-state index contributed by atoms with van der Waals surface area (Å²) >= 11 is 0. The van der Waals surface area contributed by atoms with Gasteiger partial charge in [0, 0.05) is 34.4 Å². The lowest BCUT2D eigenvalue weighted by atomic mass is 9.76. The Morgan fingerprint density at radius 1 is 0.917 bits per heavy atom. The number of hydrogen-bond acceptors (Lipinski definition) is 4. The number of imide groups is 1. The molecule has 7 rings (SSSR count). The number of para-hydroxylation sites is 2. The molecule has 0 bridgehead atoms. The summed E-state index contributed by atoms with van der Waals surface area (Å²) in [5.41, 5.74) is 3.68. The fourth-order valence-corrected chi connectivity index (χ4v) is 6.46. The van der Waals surface area contributed by atoms with Gasteiger partial charge in [-0.2, -0.15) is 0 Å². The third kappa shape index (κ3) is 2.69. The summed E-state index contributed by atoms with van der Waals surface area (Å²) in [6.07, 6.45) is 2.46.